The van der Waals surface area contributed by atoms with E-state index in [0.29, 0.717) is 23.4 Å². The third kappa shape index (κ3) is 7.65. The van der Waals surface area contributed by atoms with Crippen LogP contribution in [0.3, 0.4) is 0 Å². The van der Waals surface area contributed by atoms with Crippen molar-refractivity contribution in [1.82, 2.24) is 10.6 Å². The molecule has 2 atom stereocenters. The van der Waals surface area contributed by atoms with Gasteiger partial charge >= 0.3 is 0 Å². The Morgan fingerprint density at radius 3 is 2.16 bits per heavy atom. The summed E-state index contributed by atoms with van der Waals surface area (Å²) in [5, 5.41) is 11.7. The average Bonchev–Trinajstić information content (AvgIpc) is 3.45. The Morgan fingerprint density at radius 1 is 0.865 bits per heavy atom. The lowest BCUT2D eigenvalue weighted by Gasteiger charge is -2.14. The number of carbonyl (C=O) groups excluding carboxylic acids is 3. The topological polar surface area (TPSA) is 109 Å². The Hall–Kier alpha value is -4.17. The van der Waals surface area contributed by atoms with Gasteiger partial charge in [-0.05, 0) is 73.9 Å². The van der Waals surface area contributed by atoms with Crippen LogP contribution in [0, 0.1) is 0 Å². The van der Waals surface area contributed by atoms with Crippen molar-refractivity contribution in [2.45, 2.75) is 31.9 Å². The minimum absolute atomic E-state index is 0.0569. The second-order valence-corrected chi connectivity index (χ2v) is 9.01. The molecule has 3 aromatic rings. The summed E-state index contributed by atoms with van der Waals surface area (Å²) in [6.45, 7) is 3.26. The number of anilines is 2. The number of amides is 3. The SMILES string of the molecule is CC(NC(=O)c1ccc(NC(=O)CNc2ccc(C(=O)NCC3CCCO3)cc2)cc1)c1ccccc1. The molecule has 37 heavy (non-hydrogen) atoms. The molecular weight excluding hydrogens is 468 g/mol. The highest BCUT2D eigenvalue weighted by Gasteiger charge is 2.17. The summed E-state index contributed by atoms with van der Waals surface area (Å²) in [6, 6.07) is 23.3. The number of hydrogen-bond acceptors (Lipinski definition) is 5. The third-order valence-electron chi connectivity index (χ3n) is 6.19. The highest BCUT2D eigenvalue weighted by molar-refractivity contribution is 5.97. The van der Waals surface area contributed by atoms with Crippen molar-refractivity contribution < 1.29 is 19.1 Å². The molecule has 1 heterocycles. The number of carbonyl (C=O) groups is 3. The van der Waals surface area contributed by atoms with Gasteiger partial charge in [-0.3, -0.25) is 14.4 Å². The summed E-state index contributed by atoms with van der Waals surface area (Å²) in [4.78, 5) is 37.2. The van der Waals surface area contributed by atoms with Crippen LogP contribution in [-0.4, -0.2) is 43.5 Å². The average molecular weight is 501 g/mol. The second-order valence-electron chi connectivity index (χ2n) is 9.01. The van der Waals surface area contributed by atoms with Crippen molar-refractivity contribution >= 4 is 29.1 Å². The number of hydrogen-bond donors (Lipinski definition) is 4. The summed E-state index contributed by atoms with van der Waals surface area (Å²) in [7, 11) is 0. The summed E-state index contributed by atoms with van der Waals surface area (Å²) in [5.41, 5.74) is 3.41. The Balaban J connectivity index is 1.20. The fraction of sp³-hybridized carbons (Fsp3) is 0.276. The van der Waals surface area contributed by atoms with Gasteiger partial charge < -0.3 is 26.0 Å². The van der Waals surface area contributed by atoms with Gasteiger partial charge in [-0.1, -0.05) is 30.3 Å². The van der Waals surface area contributed by atoms with Gasteiger partial charge in [0.25, 0.3) is 11.8 Å². The first-order valence-corrected chi connectivity index (χ1v) is 12.5. The molecule has 0 aromatic heterocycles. The number of ether oxygens (including phenoxy) is 1. The first-order chi connectivity index (χ1) is 18.0. The number of nitrogens with one attached hydrogen (secondary N) is 4. The van der Waals surface area contributed by atoms with Crippen LogP contribution < -0.4 is 21.3 Å². The van der Waals surface area contributed by atoms with Crippen LogP contribution in [0.1, 0.15) is 52.1 Å². The minimum atomic E-state index is -0.228. The summed E-state index contributed by atoms with van der Waals surface area (Å²) in [5.74, 6) is -0.556. The van der Waals surface area contributed by atoms with Gasteiger partial charge in [0.05, 0.1) is 18.7 Å². The fourth-order valence-corrected chi connectivity index (χ4v) is 4.05. The van der Waals surface area contributed by atoms with E-state index in [4.69, 9.17) is 4.74 Å². The molecule has 8 heteroatoms. The highest BCUT2D eigenvalue weighted by Crippen LogP contribution is 2.15. The van der Waals surface area contributed by atoms with Crippen molar-refractivity contribution in [3.63, 3.8) is 0 Å². The molecule has 1 saturated heterocycles. The van der Waals surface area contributed by atoms with E-state index in [1.807, 2.05) is 37.3 Å². The smallest absolute Gasteiger partial charge is 0.251 e. The molecule has 8 nitrogen and oxygen atoms in total. The molecular formula is C29H32N4O4. The van der Waals surface area contributed by atoms with E-state index in [9.17, 15) is 14.4 Å². The normalized spacial score (nSPS) is 15.4. The molecule has 3 amide bonds. The van der Waals surface area contributed by atoms with Gasteiger partial charge in [-0.2, -0.15) is 0 Å². The molecule has 1 fully saturated rings. The molecule has 0 bridgehead atoms. The van der Waals surface area contributed by atoms with Gasteiger partial charge in [0.15, 0.2) is 0 Å². The molecule has 2 unspecified atom stereocenters. The van der Waals surface area contributed by atoms with Gasteiger partial charge in [0.2, 0.25) is 5.91 Å². The Kier molecular flexibility index (Phi) is 8.89. The number of rotatable bonds is 10. The lowest BCUT2D eigenvalue weighted by molar-refractivity contribution is -0.114. The maximum absolute atomic E-state index is 12.5. The molecule has 0 aliphatic carbocycles. The van der Waals surface area contributed by atoms with E-state index < -0.39 is 0 Å². The van der Waals surface area contributed by atoms with Gasteiger partial charge in [0, 0.05) is 35.7 Å². The summed E-state index contributed by atoms with van der Waals surface area (Å²) in [6.07, 6.45) is 2.10. The predicted molar refractivity (Wildman–Crippen MR) is 144 cm³/mol. The van der Waals surface area contributed by atoms with Crippen molar-refractivity contribution in [2.24, 2.45) is 0 Å². The lowest BCUT2D eigenvalue weighted by atomic mass is 10.1. The molecule has 3 aromatic carbocycles. The van der Waals surface area contributed by atoms with E-state index in [1.54, 1.807) is 48.5 Å². The maximum Gasteiger partial charge on any atom is 0.251 e. The van der Waals surface area contributed by atoms with E-state index >= 15 is 0 Å². The fourth-order valence-electron chi connectivity index (χ4n) is 4.05. The van der Waals surface area contributed by atoms with Crippen LogP contribution in [0.15, 0.2) is 78.9 Å². The Morgan fingerprint density at radius 2 is 1.51 bits per heavy atom. The van der Waals surface area contributed by atoms with Gasteiger partial charge in [0.1, 0.15) is 0 Å². The quantitative estimate of drug-likeness (QED) is 0.335. The zero-order chi connectivity index (χ0) is 26.0. The highest BCUT2D eigenvalue weighted by atomic mass is 16.5. The molecule has 0 radical (unpaired) electrons. The third-order valence-corrected chi connectivity index (χ3v) is 6.19. The van der Waals surface area contributed by atoms with Crippen molar-refractivity contribution in [3.05, 3.63) is 95.6 Å². The van der Waals surface area contributed by atoms with Crippen LogP contribution in [0.2, 0.25) is 0 Å². The zero-order valence-corrected chi connectivity index (χ0v) is 20.8. The predicted octanol–water partition coefficient (Wildman–Crippen LogP) is 4.14. The van der Waals surface area contributed by atoms with Crippen LogP contribution in [0.4, 0.5) is 11.4 Å². The minimum Gasteiger partial charge on any atom is -0.376 e. The van der Waals surface area contributed by atoms with Crippen molar-refractivity contribution in [2.75, 3.05) is 30.3 Å². The standard InChI is InChI=1S/C29H32N4O4/c1-20(21-6-3-2-4-7-21)32-29(36)23-11-15-25(16-12-23)33-27(34)19-30-24-13-9-22(10-14-24)28(35)31-18-26-8-5-17-37-26/h2-4,6-7,9-16,20,26,30H,5,8,17-19H2,1H3,(H,31,35)(H,32,36)(H,33,34). The van der Waals surface area contributed by atoms with Crippen LogP contribution in [0.25, 0.3) is 0 Å². The second kappa shape index (κ2) is 12.7. The molecule has 1 aliphatic rings. The molecule has 4 rings (SSSR count). The maximum atomic E-state index is 12.5. The largest absolute Gasteiger partial charge is 0.376 e. The van der Waals surface area contributed by atoms with E-state index in [2.05, 4.69) is 21.3 Å². The van der Waals surface area contributed by atoms with Gasteiger partial charge in [-0.15, -0.1) is 0 Å². The van der Waals surface area contributed by atoms with Gasteiger partial charge in [-0.25, -0.2) is 0 Å². The van der Waals surface area contributed by atoms with Crippen LogP contribution in [0.5, 0.6) is 0 Å². The molecule has 192 valence electrons. The van der Waals surface area contributed by atoms with Crippen molar-refractivity contribution in [3.8, 4) is 0 Å². The first-order valence-electron chi connectivity index (χ1n) is 12.5. The molecule has 4 N–H and O–H groups in total. The van der Waals surface area contributed by atoms with Crippen LogP contribution in [-0.2, 0) is 9.53 Å². The lowest BCUT2D eigenvalue weighted by Crippen LogP contribution is -2.31. The van der Waals surface area contributed by atoms with E-state index in [0.717, 1.165) is 30.7 Å². The monoisotopic (exact) mass is 500 g/mol. The van der Waals surface area contributed by atoms with Crippen molar-refractivity contribution in [1.29, 1.82) is 0 Å². The van der Waals surface area contributed by atoms with E-state index in [1.165, 1.54) is 0 Å². The molecule has 1 aliphatic heterocycles. The Bertz CT molecular complexity index is 1190. The molecule has 0 saturated carbocycles. The van der Waals surface area contributed by atoms with Crippen LogP contribution >= 0.6 is 0 Å². The summed E-state index contributed by atoms with van der Waals surface area (Å²) >= 11 is 0. The number of benzene rings is 3. The molecule has 0 spiro atoms. The summed E-state index contributed by atoms with van der Waals surface area (Å²) < 4.78 is 5.52. The first kappa shape index (κ1) is 25.9. The van der Waals surface area contributed by atoms with E-state index in [-0.39, 0.29) is 36.4 Å². The Labute approximate surface area is 216 Å². The zero-order valence-electron chi connectivity index (χ0n) is 20.8.